The molecule has 0 saturated carbocycles. The largest absolute Gasteiger partial charge is 0.347 e. The average Bonchev–Trinajstić information content (AvgIpc) is 2.98. The van der Waals surface area contributed by atoms with Crippen molar-refractivity contribution >= 4 is 11.8 Å². The molecule has 1 aliphatic heterocycles. The number of carbonyl (C=O) groups is 2. The lowest BCUT2D eigenvalue weighted by molar-refractivity contribution is -0.142. The van der Waals surface area contributed by atoms with Crippen molar-refractivity contribution in [2.45, 2.75) is 64.0 Å². The van der Waals surface area contributed by atoms with Crippen molar-refractivity contribution in [3.8, 4) is 0 Å². The Balaban J connectivity index is 1.68. The molecule has 1 aromatic rings. The van der Waals surface area contributed by atoms with E-state index in [1.165, 1.54) is 11.1 Å². The van der Waals surface area contributed by atoms with Crippen LogP contribution in [0.3, 0.4) is 0 Å². The molecule has 2 atom stereocenters. The Morgan fingerprint density at radius 3 is 2.87 bits per heavy atom. The van der Waals surface area contributed by atoms with Gasteiger partial charge in [0.15, 0.2) is 0 Å². The van der Waals surface area contributed by atoms with Gasteiger partial charge in [0.1, 0.15) is 6.04 Å². The molecule has 1 fully saturated rings. The minimum atomic E-state index is -0.282. The molecule has 1 aromatic carbocycles. The quantitative estimate of drug-likeness (QED) is 0.929. The maximum atomic E-state index is 12.8. The Morgan fingerprint density at radius 2 is 2.04 bits per heavy atom. The van der Waals surface area contributed by atoms with Gasteiger partial charge in [-0.25, -0.2) is 0 Å². The zero-order valence-corrected chi connectivity index (χ0v) is 13.9. The van der Waals surface area contributed by atoms with Crippen LogP contribution in [-0.2, 0) is 16.0 Å². The van der Waals surface area contributed by atoms with Gasteiger partial charge < -0.3 is 10.2 Å². The Bertz CT molecular complexity index is 584. The van der Waals surface area contributed by atoms with Gasteiger partial charge in [-0.15, -0.1) is 0 Å². The van der Waals surface area contributed by atoms with Crippen LogP contribution >= 0.6 is 0 Å². The number of nitrogens with zero attached hydrogens (tertiary/aromatic N) is 1. The van der Waals surface area contributed by atoms with E-state index in [1.54, 1.807) is 0 Å². The van der Waals surface area contributed by atoms with Gasteiger partial charge in [-0.1, -0.05) is 31.2 Å². The second kappa shape index (κ2) is 7.16. The monoisotopic (exact) mass is 314 g/mol. The van der Waals surface area contributed by atoms with E-state index in [1.807, 2.05) is 17.9 Å². The third-order valence-corrected chi connectivity index (χ3v) is 5.04. The van der Waals surface area contributed by atoms with Crippen molar-refractivity contribution in [2.75, 3.05) is 6.54 Å². The van der Waals surface area contributed by atoms with Gasteiger partial charge in [0, 0.05) is 13.0 Å². The standard InChI is InChI=1S/C19H26N2O2/c1-2-7-18(22)21-13-6-5-10-17(21)19(23)20-16-12-11-14-8-3-4-9-15(14)16/h3-4,8-9,16-17H,2,5-7,10-13H2,1H3,(H,20,23)/t16-,17+/m1/s1. The summed E-state index contributed by atoms with van der Waals surface area (Å²) in [5.74, 6) is 0.148. The number of fused-ring (bicyclic) bond motifs is 1. The van der Waals surface area contributed by atoms with E-state index in [2.05, 4.69) is 23.5 Å². The molecule has 0 bridgehead atoms. The van der Waals surface area contributed by atoms with Gasteiger partial charge >= 0.3 is 0 Å². The summed E-state index contributed by atoms with van der Waals surface area (Å²) in [5, 5.41) is 3.20. The number of hydrogen-bond donors (Lipinski definition) is 1. The molecule has 0 unspecified atom stereocenters. The number of hydrogen-bond acceptors (Lipinski definition) is 2. The molecule has 1 saturated heterocycles. The molecular weight excluding hydrogens is 288 g/mol. The van der Waals surface area contributed by atoms with Gasteiger partial charge in [0.05, 0.1) is 6.04 Å². The zero-order chi connectivity index (χ0) is 16.2. The number of rotatable bonds is 4. The number of nitrogens with one attached hydrogen (secondary N) is 1. The van der Waals surface area contributed by atoms with Crippen molar-refractivity contribution in [2.24, 2.45) is 0 Å². The number of likely N-dealkylation sites (tertiary alicyclic amines) is 1. The summed E-state index contributed by atoms with van der Waals surface area (Å²) in [4.78, 5) is 26.9. The molecule has 0 aromatic heterocycles. The van der Waals surface area contributed by atoms with Crippen LogP contribution in [0.5, 0.6) is 0 Å². The van der Waals surface area contributed by atoms with E-state index in [0.29, 0.717) is 6.42 Å². The van der Waals surface area contributed by atoms with E-state index in [9.17, 15) is 9.59 Å². The number of benzene rings is 1. The first-order valence-corrected chi connectivity index (χ1v) is 8.88. The zero-order valence-electron chi connectivity index (χ0n) is 13.9. The summed E-state index contributed by atoms with van der Waals surface area (Å²) >= 11 is 0. The van der Waals surface area contributed by atoms with Crippen LogP contribution in [0, 0.1) is 0 Å². The molecule has 1 heterocycles. The molecule has 1 N–H and O–H groups in total. The van der Waals surface area contributed by atoms with Crippen molar-refractivity contribution in [1.82, 2.24) is 10.2 Å². The van der Waals surface area contributed by atoms with Gasteiger partial charge in [-0.05, 0) is 49.7 Å². The predicted molar refractivity (Wildman–Crippen MR) is 89.9 cm³/mol. The van der Waals surface area contributed by atoms with Crippen LogP contribution in [0.4, 0.5) is 0 Å². The van der Waals surface area contributed by atoms with Crippen LogP contribution in [0.25, 0.3) is 0 Å². The van der Waals surface area contributed by atoms with Gasteiger partial charge in [0.2, 0.25) is 11.8 Å². The van der Waals surface area contributed by atoms with Crippen molar-refractivity contribution < 1.29 is 9.59 Å². The fraction of sp³-hybridized carbons (Fsp3) is 0.579. The maximum absolute atomic E-state index is 12.8. The average molecular weight is 314 g/mol. The lowest BCUT2D eigenvalue weighted by Gasteiger charge is -2.35. The van der Waals surface area contributed by atoms with Gasteiger partial charge in [-0.3, -0.25) is 9.59 Å². The number of carbonyl (C=O) groups excluding carboxylic acids is 2. The summed E-state index contributed by atoms with van der Waals surface area (Å²) in [6, 6.07) is 8.14. The first-order chi connectivity index (χ1) is 11.2. The summed E-state index contributed by atoms with van der Waals surface area (Å²) in [7, 11) is 0. The third-order valence-electron chi connectivity index (χ3n) is 5.04. The van der Waals surface area contributed by atoms with Crippen LogP contribution in [0.15, 0.2) is 24.3 Å². The Hall–Kier alpha value is -1.84. The van der Waals surface area contributed by atoms with E-state index in [4.69, 9.17) is 0 Å². The molecule has 0 spiro atoms. The molecule has 23 heavy (non-hydrogen) atoms. The Kier molecular flexibility index (Phi) is 4.99. The normalized spacial score (nSPS) is 23.4. The lowest BCUT2D eigenvalue weighted by atomic mass is 9.99. The van der Waals surface area contributed by atoms with Crippen molar-refractivity contribution in [3.05, 3.63) is 35.4 Å². The second-order valence-electron chi connectivity index (χ2n) is 6.65. The van der Waals surface area contributed by atoms with Crippen LogP contribution in [-0.4, -0.2) is 29.3 Å². The highest BCUT2D eigenvalue weighted by Gasteiger charge is 2.33. The van der Waals surface area contributed by atoms with Crippen LogP contribution in [0.2, 0.25) is 0 Å². The van der Waals surface area contributed by atoms with Gasteiger partial charge in [-0.2, -0.15) is 0 Å². The van der Waals surface area contributed by atoms with Crippen molar-refractivity contribution in [3.63, 3.8) is 0 Å². The van der Waals surface area contributed by atoms with E-state index in [-0.39, 0.29) is 23.9 Å². The highest BCUT2D eigenvalue weighted by molar-refractivity contribution is 5.88. The molecule has 2 amide bonds. The van der Waals surface area contributed by atoms with E-state index in [0.717, 1.165) is 45.1 Å². The van der Waals surface area contributed by atoms with E-state index >= 15 is 0 Å². The Labute approximate surface area is 138 Å². The molecule has 2 aliphatic rings. The minimum Gasteiger partial charge on any atom is -0.347 e. The number of piperidine rings is 1. The Morgan fingerprint density at radius 1 is 1.22 bits per heavy atom. The third kappa shape index (κ3) is 3.41. The first kappa shape index (κ1) is 16.0. The summed E-state index contributed by atoms with van der Waals surface area (Å²) in [6.07, 6.45) is 6.16. The molecule has 3 rings (SSSR count). The second-order valence-corrected chi connectivity index (χ2v) is 6.65. The first-order valence-electron chi connectivity index (χ1n) is 8.88. The molecular formula is C19H26N2O2. The van der Waals surface area contributed by atoms with Gasteiger partial charge in [0.25, 0.3) is 0 Å². The fourth-order valence-corrected chi connectivity index (χ4v) is 3.84. The predicted octanol–water partition coefficient (Wildman–Crippen LogP) is 2.97. The fourth-order valence-electron chi connectivity index (χ4n) is 3.84. The summed E-state index contributed by atoms with van der Waals surface area (Å²) < 4.78 is 0. The molecule has 1 aliphatic carbocycles. The van der Waals surface area contributed by atoms with Crippen LogP contribution < -0.4 is 5.32 Å². The lowest BCUT2D eigenvalue weighted by Crippen LogP contribution is -2.52. The smallest absolute Gasteiger partial charge is 0.243 e. The molecule has 124 valence electrons. The SMILES string of the molecule is CCCC(=O)N1CCCC[C@H]1C(=O)N[C@@H]1CCc2ccccc21. The minimum absolute atomic E-state index is 0.0239. The number of amides is 2. The van der Waals surface area contributed by atoms with Crippen LogP contribution in [0.1, 0.15) is 62.6 Å². The van der Waals surface area contributed by atoms with Crippen molar-refractivity contribution in [1.29, 1.82) is 0 Å². The topological polar surface area (TPSA) is 49.4 Å². The summed E-state index contributed by atoms with van der Waals surface area (Å²) in [6.45, 7) is 2.73. The maximum Gasteiger partial charge on any atom is 0.243 e. The molecule has 4 nitrogen and oxygen atoms in total. The highest BCUT2D eigenvalue weighted by atomic mass is 16.2. The molecule has 4 heteroatoms. The summed E-state index contributed by atoms with van der Waals surface area (Å²) in [5.41, 5.74) is 2.57. The number of aryl methyl sites for hydroxylation is 1. The highest BCUT2D eigenvalue weighted by Crippen LogP contribution is 2.31. The molecule has 0 radical (unpaired) electrons. The van der Waals surface area contributed by atoms with E-state index < -0.39 is 0 Å².